The number of furan rings is 1. The zero-order valence-electron chi connectivity index (χ0n) is 9.21. The molecule has 2 aromatic rings. The molecule has 1 unspecified atom stereocenters. The number of aromatic nitrogens is 2. The van der Waals surface area contributed by atoms with Gasteiger partial charge in [0.2, 0.25) is 0 Å². The summed E-state index contributed by atoms with van der Waals surface area (Å²) < 4.78 is 5.03. The molecule has 0 fully saturated rings. The van der Waals surface area contributed by atoms with Gasteiger partial charge in [-0.2, -0.15) is 5.10 Å². The van der Waals surface area contributed by atoms with Crippen molar-refractivity contribution < 1.29 is 9.34 Å². The molecule has 0 aliphatic heterocycles. The van der Waals surface area contributed by atoms with Crippen molar-refractivity contribution in [1.82, 2.24) is 15.5 Å². The molecule has 7 heteroatoms. The Labute approximate surface area is 97.0 Å². The maximum absolute atomic E-state index is 10.4. The molecule has 1 atom stereocenters. The maximum atomic E-state index is 10.4. The Balaban J connectivity index is 1.91. The van der Waals surface area contributed by atoms with E-state index < -0.39 is 4.92 Å². The second-order valence-corrected chi connectivity index (χ2v) is 3.63. The second kappa shape index (κ2) is 4.79. The van der Waals surface area contributed by atoms with Crippen LogP contribution >= 0.6 is 0 Å². The Morgan fingerprint density at radius 3 is 3.06 bits per heavy atom. The fraction of sp³-hybridized carbons (Fsp3) is 0.300. The fourth-order valence-corrected chi connectivity index (χ4v) is 1.43. The average Bonchev–Trinajstić information content (AvgIpc) is 2.97. The van der Waals surface area contributed by atoms with Gasteiger partial charge in [0.15, 0.2) is 0 Å². The summed E-state index contributed by atoms with van der Waals surface area (Å²) in [5, 5.41) is 20.2. The number of nitrogens with zero attached hydrogens (tertiary/aromatic N) is 2. The van der Waals surface area contributed by atoms with Gasteiger partial charge in [0, 0.05) is 17.8 Å². The molecule has 2 rings (SSSR count). The van der Waals surface area contributed by atoms with Crippen LogP contribution in [0.1, 0.15) is 24.3 Å². The summed E-state index contributed by atoms with van der Waals surface area (Å²) in [4.78, 5) is 9.87. The van der Waals surface area contributed by atoms with Crippen molar-refractivity contribution in [3.63, 3.8) is 0 Å². The SMILES string of the molecule is CC(NCc1ccc([N+](=O)[O-])o1)c1cn[nH]c1. The number of aromatic amines is 1. The van der Waals surface area contributed by atoms with Gasteiger partial charge < -0.3 is 9.73 Å². The number of nitrogens with one attached hydrogen (secondary N) is 2. The predicted molar refractivity (Wildman–Crippen MR) is 59.2 cm³/mol. The molecular weight excluding hydrogens is 224 g/mol. The summed E-state index contributed by atoms with van der Waals surface area (Å²) in [5.74, 6) is 0.296. The molecule has 2 aromatic heterocycles. The highest BCUT2D eigenvalue weighted by atomic mass is 16.6. The summed E-state index contributed by atoms with van der Waals surface area (Å²) in [6.07, 6.45) is 3.52. The van der Waals surface area contributed by atoms with Crippen LogP contribution in [0.25, 0.3) is 0 Å². The number of hydrogen-bond acceptors (Lipinski definition) is 5. The van der Waals surface area contributed by atoms with Gasteiger partial charge in [-0.05, 0) is 13.0 Å². The number of hydrogen-bond donors (Lipinski definition) is 2. The van der Waals surface area contributed by atoms with Crippen molar-refractivity contribution >= 4 is 5.88 Å². The maximum Gasteiger partial charge on any atom is 0.433 e. The molecule has 17 heavy (non-hydrogen) atoms. The van der Waals surface area contributed by atoms with Crippen molar-refractivity contribution in [2.45, 2.75) is 19.5 Å². The van der Waals surface area contributed by atoms with Crippen LogP contribution in [0.15, 0.2) is 28.9 Å². The molecule has 90 valence electrons. The van der Waals surface area contributed by atoms with E-state index in [1.807, 2.05) is 6.92 Å². The van der Waals surface area contributed by atoms with Crippen LogP contribution in [-0.4, -0.2) is 15.1 Å². The quantitative estimate of drug-likeness (QED) is 0.609. The van der Waals surface area contributed by atoms with Gasteiger partial charge >= 0.3 is 5.88 Å². The molecule has 0 bridgehead atoms. The van der Waals surface area contributed by atoms with Gasteiger partial charge in [0.05, 0.1) is 18.8 Å². The average molecular weight is 236 g/mol. The van der Waals surface area contributed by atoms with E-state index in [9.17, 15) is 10.1 Å². The lowest BCUT2D eigenvalue weighted by molar-refractivity contribution is -0.402. The third-order valence-corrected chi connectivity index (χ3v) is 2.43. The minimum Gasteiger partial charge on any atom is -0.404 e. The lowest BCUT2D eigenvalue weighted by Crippen LogP contribution is -2.17. The second-order valence-electron chi connectivity index (χ2n) is 3.63. The van der Waals surface area contributed by atoms with E-state index in [2.05, 4.69) is 15.5 Å². The highest BCUT2D eigenvalue weighted by Gasteiger charge is 2.12. The molecule has 2 N–H and O–H groups in total. The smallest absolute Gasteiger partial charge is 0.404 e. The van der Waals surface area contributed by atoms with Crippen molar-refractivity contribution in [3.05, 3.63) is 46.0 Å². The van der Waals surface area contributed by atoms with Crippen molar-refractivity contribution in [2.75, 3.05) is 0 Å². The van der Waals surface area contributed by atoms with E-state index in [1.54, 1.807) is 18.5 Å². The van der Waals surface area contributed by atoms with Gasteiger partial charge in [-0.1, -0.05) is 0 Å². The van der Waals surface area contributed by atoms with Crippen LogP contribution < -0.4 is 5.32 Å². The van der Waals surface area contributed by atoms with Gasteiger partial charge in [0.1, 0.15) is 10.7 Å². The van der Waals surface area contributed by atoms with Crippen LogP contribution in [0.3, 0.4) is 0 Å². The zero-order valence-corrected chi connectivity index (χ0v) is 9.21. The van der Waals surface area contributed by atoms with Crippen molar-refractivity contribution in [1.29, 1.82) is 0 Å². The monoisotopic (exact) mass is 236 g/mol. The van der Waals surface area contributed by atoms with Crippen molar-refractivity contribution in [2.24, 2.45) is 0 Å². The minimum absolute atomic E-state index is 0.0953. The predicted octanol–water partition coefficient (Wildman–Crippen LogP) is 1.76. The first-order valence-electron chi connectivity index (χ1n) is 5.12. The summed E-state index contributed by atoms with van der Waals surface area (Å²) in [6.45, 7) is 2.41. The molecule has 0 aromatic carbocycles. The van der Waals surface area contributed by atoms with E-state index >= 15 is 0 Å². The van der Waals surface area contributed by atoms with E-state index in [-0.39, 0.29) is 11.9 Å². The number of rotatable bonds is 5. The topological polar surface area (TPSA) is 97.0 Å². The van der Waals surface area contributed by atoms with Crippen LogP contribution in [0.5, 0.6) is 0 Å². The summed E-state index contributed by atoms with van der Waals surface area (Å²) in [5.41, 5.74) is 1.02. The number of H-pyrrole nitrogens is 1. The lowest BCUT2D eigenvalue weighted by atomic mass is 10.2. The molecule has 0 radical (unpaired) electrons. The molecule has 0 amide bonds. The zero-order chi connectivity index (χ0) is 12.3. The molecule has 2 heterocycles. The normalized spacial score (nSPS) is 12.5. The molecule has 0 spiro atoms. The number of nitro groups is 1. The highest BCUT2D eigenvalue weighted by molar-refractivity contribution is 5.18. The molecule has 7 nitrogen and oxygen atoms in total. The van der Waals surface area contributed by atoms with E-state index in [0.29, 0.717) is 12.3 Å². The minimum atomic E-state index is -0.553. The lowest BCUT2D eigenvalue weighted by Gasteiger charge is -2.09. The molecule has 0 aliphatic carbocycles. The molecule has 0 saturated heterocycles. The largest absolute Gasteiger partial charge is 0.433 e. The highest BCUT2D eigenvalue weighted by Crippen LogP contribution is 2.16. The van der Waals surface area contributed by atoms with Crippen LogP contribution in [0.4, 0.5) is 5.88 Å². The standard InChI is InChI=1S/C10H12N4O3/c1-7(8-4-12-13-5-8)11-6-9-2-3-10(17-9)14(15)16/h2-5,7,11H,6H2,1H3,(H,12,13). The molecular formula is C10H12N4O3. The Morgan fingerprint density at radius 2 is 2.47 bits per heavy atom. The Hall–Kier alpha value is -2.15. The third-order valence-electron chi connectivity index (χ3n) is 2.43. The van der Waals surface area contributed by atoms with Crippen LogP contribution in [0, 0.1) is 10.1 Å². The molecule has 0 saturated carbocycles. The van der Waals surface area contributed by atoms with Gasteiger partial charge in [-0.15, -0.1) is 0 Å². The van der Waals surface area contributed by atoms with Crippen LogP contribution in [0.2, 0.25) is 0 Å². The first-order valence-corrected chi connectivity index (χ1v) is 5.12. The van der Waals surface area contributed by atoms with Gasteiger partial charge in [-0.3, -0.25) is 15.2 Å². The first kappa shape index (κ1) is 11.3. The third kappa shape index (κ3) is 2.70. The van der Waals surface area contributed by atoms with E-state index in [1.165, 1.54) is 6.07 Å². The van der Waals surface area contributed by atoms with Gasteiger partial charge in [0.25, 0.3) is 0 Å². The summed E-state index contributed by atoms with van der Waals surface area (Å²) >= 11 is 0. The van der Waals surface area contributed by atoms with E-state index in [0.717, 1.165) is 5.56 Å². The fourth-order valence-electron chi connectivity index (χ4n) is 1.43. The summed E-state index contributed by atoms with van der Waals surface area (Å²) in [7, 11) is 0. The van der Waals surface area contributed by atoms with Crippen molar-refractivity contribution in [3.8, 4) is 0 Å². The Bertz CT molecular complexity index is 491. The van der Waals surface area contributed by atoms with E-state index in [4.69, 9.17) is 4.42 Å². The Kier molecular flexibility index (Phi) is 3.20. The van der Waals surface area contributed by atoms with Gasteiger partial charge in [-0.25, -0.2) is 0 Å². The molecule has 0 aliphatic rings. The summed E-state index contributed by atoms with van der Waals surface area (Å²) in [6, 6.07) is 3.03. The Morgan fingerprint density at radius 1 is 1.65 bits per heavy atom. The first-order chi connectivity index (χ1) is 8.16. The van der Waals surface area contributed by atoms with Crippen LogP contribution in [-0.2, 0) is 6.54 Å².